The van der Waals surface area contributed by atoms with Crippen LogP contribution in [0.3, 0.4) is 0 Å². The fourth-order valence-electron chi connectivity index (χ4n) is 2.15. The second-order valence-corrected chi connectivity index (χ2v) is 5.86. The minimum atomic E-state index is 0.669. The van der Waals surface area contributed by atoms with Crippen molar-refractivity contribution in [1.82, 2.24) is 10.2 Å². The Labute approximate surface area is 109 Å². The van der Waals surface area contributed by atoms with E-state index in [9.17, 15) is 0 Å². The standard InChI is InChI=1S/C14H22N2S/c1-12-4-3-5-14(10-12)17-11-13(2)16-8-6-15-7-9-16/h3-5,10,13,15H,6-9,11H2,1-2H3. The first-order chi connectivity index (χ1) is 8.25. The van der Waals surface area contributed by atoms with Gasteiger partial charge in [-0.3, -0.25) is 4.90 Å². The number of nitrogens with one attached hydrogen (secondary N) is 1. The van der Waals surface area contributed by atoms with E-state index in [-0.39, 0.29) is 0 Å². The zero-order valence-corrected chi connectivity index (χ0v) is 11.6. The van der Waals surface area contributed by atoms with Crippen molar-refractivity contribution in [2.75, 3.05) is 31.9 Å². The van der Waals surface area contributed by atoms with Gasteiger partial charge in [0.1, 0.15) is 0 Å². The van der Waals surface area contributed by atoms with Gasteiger partial charge in [-0.05, 0) is 26.0 Å². The molecule has 1 aliphatic rings. The molecule has 0 amide bonds. The molecule has 1 aromatic rings. The highest BCUT2D eigenvalue weighted by atomic mass is 32.2. The molecule has 1 fully saturated rings. The lowest BCUT2D eigenvalue weighted by atomic mass is 10.2. The van der Waals surface area contributed by atoms with Crippen LogP contribution in [0.4, 0.5) is 0 Å². The third-order valence-corrected chi connectivity index (χ3v) is 4.49. The van der Waals surface area contributed by atoms with E-state index >= 15 is 0 Å². The molecule has 2 rings (SSSR count). The summed E-state index contributed by atoms with van der Waals surface area (Å²) >= 11 is 1.97. The fourth-order valence-corrected chi connectivity index (χ4v) is 3.24. The predicted octanol–water partition coefficient (Wildman–Crippen LogP) is 2.38. The summed E-state index contributed by atoms with van der Waals surface area (Å²) in [6.45, 7) is 9.15. The third kappa shape index (κ3) is 4.02. The molecular weight excluding hydrogens is 228 g/mol. The Morgan fingerprint density at radius 1 is 1.35 bits per heavy atom. The molecular formula is C14H22N2S. The molecule has 2 nitrogen and oxygen atoms in total. The number of hydrogen-bond acceptors (Lipinski definition) is 3. The second-order valence-electron chi connectivity index (χ2n) is 4.76. The van der Waals surface area contributed by atoms with E-state index in [0.717, 1.165) is 13.1 Å². The van der Waals surface area contributed by atoms with Gasteiger partial charge in [-0.15, -0.1) is 11.8 Å². The summed E-state index contributed by atoms with van der Waals surface area (Å²) < 4.78 is 0. The molecule has 17 heavy (non-hydrogen) atoms. The molecule has 0 spiro atoms. The van der Waals surface area contributed by atoms with Crippen LogP contribution in [-0.2, 0) is 0 Å². The second kappa shape index (κ2) is 6.43. The lowest BCUT2D eigenvalue weighted by Gasteiger charge is -2.32. The molecule has 1 N–H and O–H groups in total. The summed E-state index contributed by atoms with van der Waals surface area (Å²) in [6, 6.07) is 9.46. The monoisotopic (exact) mass is 250 g/mol. The number of benzene rings is 1. The number of rotatable bonds is 4. The Morgan fingerprint density at radius 2 is 2.12 bits per heavy atom. The Morgan fingerprint density at radius 3 is 2.82 bits per heavy atom. The summed E-state index contributed by atoms with van der Waals surface area (Å²) in [5.74, 6) is 1.18. The Hall–Kier alpha value is -0.510. The molecule has 0 bridgehead atoms. The maximum atomic E-state index is 3.40. The lowest BCUT2D eigenvalue weighted by Crippen LogP contribution is -2.48. The molecule has 0 radical (unpaired) electrons. The van der Waals surface area contributed by atoms with Crippen molar-refractivity contribution in [1.29, 1.82) is 0 Å². The minimum Gasteiger partial charge on any atom is -0.314 e. The number of piperazine rings is 1. The first kappa shape index (κ1) is 12.9. The SMILES string of the molecule is Cc1cccc(SCC(C)N2CCNCC2)c1. The zero-order valence-electron chi connectivity index (χ0n) is 10.8. The topological polar surface area (TPSA) is 15.3 Å². The summed E-state index contributed by atoms with van der Waals surface area (Å²) in [4.78, 5) is 3.98. The van der Waals surface area contributed by atoms with Crippen LogP contribution in [0.25, 0.3) is 0 Å². The minimum absolute atomic E-state index is 0.669. The van der Waals surface area contributed by atoms with Crippen LogP contribution in [0.15, 0.2) is 29.2 Å². The van der Waals surface area contributed by atoms with E-state index in [2.05, 4.69) is 48.3 Å². The molecule has 0 aliphatic carbocycles. The zero-order chi connectivity index (χ0) is 12.1. The number of hydrogen-bond donors (Lipinski definition) is 1. The van der Waals surface area contributed by atoms with E-state index in [4.69, 9.17) is 0 Å². The van der Waals surface area contributed by atoms with Crippen molar-refractivity contribution in [3.63, 3.8) is 0 Å². The van der Waals surface area contributed by atoms with Gasteiger partial charge in [0, 0.05) is 42.9 Å². The van der Waals surface area contributed by atoms with Gasteiger partial charge in [0.2, 0.25) is 0 Å². The molecule has 0 saturated carbocycles. The van der Waals surface area contributed by atoms with Crippen molar-refractivity contribution in [3.05, 3.63) is 29.8 Å². The highest BCUT2D eigenvalue weighted by molar-refractivity contribution is 7.99. The van der Waals surface area contributed by atoms with Crippen LogP contribution >= 0.6 is 11.8 Å². The molecule has 94 valence electrons. The van der Waals surface area contributed by atoms with Crippen LogP contribution in [0, 0.1) is 6.92 Å². The number of thioether (sulfide) groups is 1. The van der Waals surface area contributed by atoms with Gasteiger partial charge in [0.15, 0.2) is 0 Å². The summed E-state index contributed by atoms with van der Waals surface area (Å²) in [5, 5.41) is 3.40. The molecule has 0 aromatic heterocycles. The maximum Gasteiger partial charge on any atom is 0.0162 e. The number of aryl methyl sites for hydroxylation is 1. The molecule has 1 atom stereocenters. The van der Waals surface area contributed by atoms with Crippen LogP contribution in [0.5, 0.6) is 0 Å². The fraction of sp³-hybridized carbons (Fsp3) is 0.571. The van der Waals surface area contributed by atoms with E-state index in [1.165, 1.54) is 29.3 Å². The van der Waals surface area contributed by atoms with Crippen LogP contribution in [0.1, 0.15) is 12.5 Å². The third-order valence-electron chi connectivity index (χ3n) is 3.26. The van der Waals surface area contributed by atoms with E-state index < -0.39 is 0 Å². The Balaban J connectivity index is 1.80. The Bertz CT molecular complexity index is 348. The van der Waals surface area contributed by atoms with Gasteiger partial charge in [0.25, 0.3) is 0 Å². The first-order valence-electron chi connectivity index (χ1n) is 6.40. The smallest absolute Gasteiger partial charge is 0.0162 e. The van der Waals surface area contributed by atoms with Gasteiger partial charge in [-0.25, -0.2) is 0 Å². The van der Waals surface area contributed by atoms with Crippen LogP contribution in [-0.4, -0.2) is 42.9 Å². The van der Waals surface area contributed by atoms with Gasteiger partial charge in [-0.1, -0.05) is 17.7 Å². The molecule has 3 heteroatoms. The predicted molar refractivity (Wildman–Crippen MR) is 75.8 cm³/mol. The van der Waals surface area contributed by atoms with Gasteiger partial charge in [-0.2, -0.15) is 0 Å². The summed E-state index contributed by atoms with van der Waals surface area (Å²) in [5.41, 5.74) is 1.35. The maximum absolute atomic E-state index is 3.40. The van der Waals surface area contributed by atoms with E-state index in [1.807, 2.05) is 11.8 Å². The van der Waals surface area contributed by atoms with Gasteiger partial charge >= 0.3 is 0 Å². The average molecular weight is 250 g/mol. The number of nitrogens with zero attached hydrogens (tertiary/aromatic N) is 1. The van der Waals surface area contributed by atoms with E-state index in [1.54, 1.807) is 0 Å². The molecule has 1 saturated heterocycles. The molecule has 1 aliphatic heterocycles. The highest BCUT2D eigenvalue weighted by Crippen LogP contribution is 2.21. The summed E-state index contributed by atoms with van der Waals surface area (Å²) in [6.07, 6.45) is 0. The van der Waals surface area contributed by atoms with Crippen molar-refractivity contribution in [2.24, 2.45) is 0 Å². The molecule has 1 unspecified atom stereocenters. The first-order valence-corrected chi connectivity index (χ1v) is 7.38. The van der Waals surface area contributed by atoms with Gasteiger partial charge in [0.05, 0.1) is 0 Å². The highest BCUT2D eigenvalue weighted by Gasteiger charge is 2.16. The molecule has 1 aromatic carbocycles. The van der Waals surface area contributed by atoms with Crippen LogP contribution in [0.2, 0.25) is 0 Å². The van der Waals surface area contributed by atoms with Crippen molar-refractivity contribution in [2.45, 2.75) is 24.8 Å². The van der Waals surface area contributed by atoms with Gasteiger partial charge < -0.3 is 5.32 Å². The normalized spacial score (nSPS) is 19.2. The van der Waals surface area contributed by atoms with Crippen molar-refractivity contribution < 1.29 is 0 Å². The summed E-state index contributed by atoms with van der Waals surface area (Å²) in [7, 11) is 0. The van der Waals surface area contributed by atoms with Crippen molar-refractivity contribution in [3.8, 4) is 0 Å². The lowest BCUT2D eigenvalue weighted by molar-refractivity contribution is 0.198. The largest absolute Gasteiger partial charge is 0.314 e. The Kier molecular flexibility index (Phi) is 4.89. The average Bonchev–Trinajstić information content (AvgIpc) is 2.37. The van der Waals surface area contributed by atoms with E-state index in [0.29, 0.717) is 6.04 Å². The van der Waals surface area contributed by atoms with Crippen molar-refractivity contribution >= 4 is 11.8 Å². The molecule has 1 heterocycles. The quantitative estimate of drug-likeness (QED) is 0.826. The van der Waals surface area contributed by atoms with Crippen LogP contribution < -0.4 is 5.32 Å².